The van der Waals surface area contributed by atoms with Crippen LogP contribution >= 0.6 is 0 Å². The monoisotopic (exact) mass is 235 g/mol. The van der Waals surface area contributed by atoms with Crippen LogP contribution in [0.2, 0.25) is 0 Å². The molecule has 0 unspecified atom stereocenters. The van der Waals surface area contributed by atoms with Gasteiger partial charge in [-0.25, -0.2) is 5.46 Å². The maximum absolute atomic E-state index is 7.82. The van der Waals surface area contributed by atoms with Gasteiger partial charge in [-0.1, -0.05) is 6.61 Å². The molecule has 3 radical (unpaired) electrons. The molecule has 1 aromatic carbocycles. The molecule has 0 fully saturated rings. The molecule has 0 spiro atoms. The molecule has 12 heavy (non-hydrogen) atoms. The minimum Gasteiger partial charge on any atom is -0.428 e. The summed E-state index contributed by atoms with van der Waals surface area (Å²) in [5.74, 6) is 0. The predicted molar refractivity (Wildman–Crippen MR) is 47.7 cm³/mol. The van der Waals surface area contributed by atoms with Gasteiger partial charge in [0.05, 0.1) is 7.85 Å². The fourth-order valence-corrected chi connectivity index (χ4v) is 0.400. The van der Waals surface area contributed by atoms with Gasteiger partial charge >= 0.3 is 0 Å². The van der Waals surface area contributed by atoms with Gasteiger partial charge in [-0.3, -0.25) is 0 Å². The van der Waals surface area contributed by atoms with Crippen molar-refractivity contribution in [2.24, 2.45) is 0 Å². The molecule has 1 N–H and O–H groups in total. The zero-order chi connectivity index (χ0) is 8.53. The SMILES string of the molecule is C[CH-]CO.[B]c1cc[c-]cc1.[Y]. The van der Waals surface area contributed by atoms with E-state index in [1.807, 2.05) is 0 Å². The van der Waals surface area contributed by atoms with Crippen LogP contribution in [0, 0.1) is 12.5 Å². The Morgan fingerprint density at radius 3 is 2.08 bits per heavy atom. The number of aliphatic hydroxyl groups is 1. The van der Waals surface area contributed by atoms with E-state index in [1.165, 1.54) is 0 Å². The van der Waals surface area contributed by atoms with E-state index < -0.39 is 0 Å². The van der Waals surface area contributed by atoms with Crippen molar-refractivity contribution in [2.45, 2.75) is 6.92 Å². The number of benzene rings is 1. The van der Waals surface area contributed by atoms with Gasteiger partial charge in [-0.05, 0) is 0 Å². The predicted octanol–water partition coefficient (Wildman–Crippen LogP) is 0.481. The zero-order valence-electron chi connectivity index (χ0n) is 7.20. The summed E-state index contributed by atoms with van der Waals surface area (Å²) >= 11 is 0. The Morgan fingerprint density at radius 1 is 1.50 bits per heavy atom. The Hall–Kier alpha value is 0.349. The maximum Gasteiger partial charge on any atom is 0.0777 e. The van der Waals surface area contributed by atoms with Gasteiger partial charge in [0.25, 0.3) is 0 Å². The van der Waals surface area contributed by atoms with Crippen LogP contribution in [-0.4, -0.2) is 19.6 Å². The van der Waals surface area contributed by atoms with Crippen LogP contribution in [-0.2, 0) is 32.7 Å². The van der Waals surface area contributed by atoms with Crippen molar-refractivity contribution in [3.8, 4) is 0 Å². The van der Waals surface area contributed by atoms with Crippen molar-refractivity contribution in [2.75, 3.05) is 6.61 Å². The second-order valence-electron chi connectivity index (χ2n) is 1.92. The van der Waals surface area contributed by atoms with E-state index in [1.54, 1.807) is 37.6 Å². The van der Waals surface area contributed by atoms with Gasteiger partial charge in [-0.15, -0.1) is 0 Å². The van der Waals surface area contributed by atoms with Crippen LogP contribution in [0.5, 0.6) is 0 Å². The molecule has 1 aromatic rings. The van der Waals surface area contributed by atoms with Gasteiger partial charge in [0.2, 0.25) is 0 Å². The standard InChI is InChI=1S/C6H4B.C3H7O.Y/c7-6-4-2-1-3-5-6;1-2-3-4;/h2-5H;2,4H,3H2,1H3;/q2*-1;. The first kappa shape index (κ1) is 14.9. The summed E-state index contributed by atoms with van der Waals surface area (Å²) in [6, 6.07) is 10.0. The van der Waals surface area contributed by atoms with Crippen molar-refractivity contribution in [1.29, 1.82) is 0 Å². The van der Waals surface area contributed by atoms with Crippen LogP contribution in [0.3, 0.4) is 0 Å². The summed E-state index contributed by atoms with van der Waals surface area (Å²) in [7, 11) is 5.34. The zero-order valence-corrected chi connectivity index (χ0v) is 10.0. The van der Waals surface area contributed by atoms with E-state index >= 15 is 0 Å². The van der Waals surface area contributed by atoms with E-state index in [0.29, 0.717) is 0 Å². The van der Waals surface area contributed by atoms with Crippen LogP contribution in [0.1, 0.15) is 6.92 Å². The van der Waals surface area contributed by atoms with Gasteiger partial charge < -0.3 is 11.5 Å². The van der Waals surface area contributed by atoms with Crippen LogP contribution in [0.4, 0.5) is 0 Å². The molecule has 0 aromatic heterocycles. The third-order valence-electron chi connectivity index (χ3n) is 0.927. The summed E-state index contributed by atoms with van der Waals surface area (Å²) in [6.07, 6.45) is 1.68. The van der Waals surface area contributed by atoms with Crippen molar-refractivity contribution >= 4 is 13.3 Å². The second-order valence-corrected chi connectivity index (χ2v) is 1.92. The third-order valence-corrected chi connectivity index (χ3v) is 0.927. The molecule has 0 atom stereocenters. The Balaban J connectivity index is 0. The fourth-order valence-electron chi connectivity index (χ4n) is 0.400. The molecule has 61 valence electrons. The largest absolute Gasteiger partial charge is 0.428 e. The summed E-state index contributed by atoms with van der Waals surface area (Å²) in [5, 5.41) is 7.82. The quantitative estimate of drug-likeness (QED) is 0.554. The third kappa shape index (κ3) is 10.3. The Morgan fingerprint density at radius 2 is 1.92 bits per heavy atom. The minimum atomic E-state index is 0. The number of hydrogen-bond donors (Lipinski definition) is 1. The van der Waals surface area contributed by atoms with Gasteiger partial charge in [0, 0.05) is 32.7 Å². The van der Waals surface area contributed by atoms with E-state index in [2.05, 4.69) is 6.07 Å². The van der Waals surface area contributed by atoms with Crippen molar-refractivity contribution in [3.05, 3.63) is 36.8 Å². The van der Waals surface area contributed by atoms with E-state index in [0.717, 1.165) is 5.46 Å². The van der Waals surface area contributed by atoms with Crippen LogP contribution < -0.4 is 5.46 Å². The first-order valence-electron chi connectivity index (χ1n) is 3.41. The van der Waals surface area contributed by atoms with E-state index in [4.69, 9.17) is 13.0 Å². The average molecular weight is 235 g/mol. The molecule has 0 aliphatic heterocycles. The van der Waals surface area contributed by atoms with Gasteiger partial charge in [0.1, 0.15) is 0 Å². The fraction of sp³-hybridized carbons (Fsp3) is 0.222. The van der Waals surface area contributed by atoms with Gasteiger partial charge in [0.15, 0.2) is 0 Å². The first-order chi connectivity index (χ1) is 5.31. The van der Waals surface area contributed by atoms with Crippen molar-refractivity contribution in [3.63, 3.8) is 0 Å². The Kier molecular flexibility index (Phi) is 14.0. The molecule has 0 aliphatic rings. The van der Waals surface area contributed by atoms with E-state index in [-0.39, 0.29) is 39.3 Å². The smallest absolute Gasteiger partial charge is 0.0777 e. The molecular weight excluding hydrogens is 224 g/mol. The Labute approximate surface area is 101 Å². The topological polar surface area (TPSA) is 20.2 Å². The average Bonchev–Trinajstić information content (AvgIpc) is 2.07. The number of hydrogen-bond acceptors (Lipinski definition) is 1. The molecule has 0 amide bonds. The first-order valence-corrected chi connectivity index (χ1v) is 3.41. The normalized spacial score (nSPS) is 7.50. The van der Waals surface area contributed by atoms with Crippen LogP contribution in [0.15, 0.2) is 24.3 Å². The summed E-state index contributed by atoms with van der Waals surface area (Å²) in [5.41, 5.74) is 0.791. The van der Waals surface area contributed by atoms with E-state index in [9.17, 15) is 0 Å². The minimum absolute atomic E-state index is 0. The number of rotatable bonds is 1. The molecule has 0 saturated carbocycles. The van der Waals surface area contributed by atoms with Crippen LogP contribution in [0.25, 0.3) is 0 Å². The molecule has 1 rings (SSSR count). The summed E-state index contributed by atoms with van der Waals surface area (Å²) in [4.78, 5) is 0. The molecule has 0 heterocycles. The molecular formula is C9H11BOY-2. The molecule has 0 aliphatic carbocycles. The molecule has 0 saturated heterocycles. The molecule has 3 heteroatoms. The second kappa shape index (κ2) is 11.3. The molecule has 0 bridgehead atoms. The Bertz CT molecular complexity index is 165. The number of aliphatic hydroxyl groups excluding tert-OH is 1. The summed E-state index contributed by atoms with van der Waals surface area (Å²) in [6.45, 7) is 2.00. The van der Waals surface area contributed by atoms with Gasteiger partial charge in [-0.2, -0.15) is 37.3 Å². The van der Waals surface area contributed by atoms with Crippen molar-refractivity contribution in [1.82, 2.24) is 0 Å². The summed E-state index contributed by atoms with van der Waals surface area (Å²) < 4.78 is 0. The molecule has 1 nitrogen and oxygen atoms in total. The maximum atomic E-state index is 7.82. The van der Waals surface area contributed by atoms with Crippen molar-refractivity contribution < 1.29 is 37.8 Å².